The minimum atomic E-state index is -0.406. The van der Waals surface area contributed by atoms with Crippen LogP contribution in [0.4, 0.5) is 0 Å². The minimum Gasteiger partial charge on any atom is -0.259 e. The fraction of sp³-hybridized carbons (Fsp3) is 0.667. The molecule has 0 unspecified atom stereocenters. The number of thioether (sulfide) groups is 1. The van der Waals surface area contributed by atoms with Crippen molar-refractivity contribution >= 4 is 11.8 Å². The van der Waals surface area contributed by atoms with Crippen molar-refractivity contribution in [1.29, 1.82) is 0 Å². The molecule has 56 valence electrons. The third-order valence-corrected chi connectivity index (χ3v) is 3.01. The Morgan fingerprint density at radius 3 is 2.60 bits per heavy atom. The highest BCUT2D eigenvalue weighted by molar-refractivity contribution is 8.00. The topological polar surface area (TPSA) is 43.1 Å². The summed E-state index contributed by atoms with van der Waals surface area (Å²) in [5.41, 5.74) is 0. The van der Waals surface area contributed by atoms with E-state index >= 15 is 0 Å². The van der Waals surface area contributed by atoms with E-state index in [0.29, 0.717) is 0 Å². The van der Waals surface area contributed by atoms with E-state index in [1.54, 1.807) is 17.8 Å². The Bertz CT molecular complexity index is 175. The molecule has 0 aliphatic heterocycles. The summed E-state index contributed by atoms with van der Waals surface area (Å²) in [4.78, 5) is 9.49. The molecule has 0 spiro atoms. The number of hydrogen-bond donors (Lipinski definition) is 0. The maximum Gasteiger partial charge on any atom is 0.231 e. The zero-order valence-electron chi connectivity index (χ0n) is 5.74. The number of hydrogen-bond acceptors (Lipinski definition) is 3. The van der Waals surface area contributed by atoms with Crippen molar-refractivity contribution in [2.45, 2.75) is 17.6 Å². The fourth-order valence-electron chi connectivity index (χ4n) is 0.759. The molecule has 1 aliphatic rings. The van der Waals surface area contributed by atoms with Crippen LogP contribution < -0.4 is 0 Å². The van der Waals surface area contributed by atoms with Gasteiger partial charge in [-0.05, 0) is 19.1 Å². The van der Waals surface area contributed by atoms with E-state index < -0.39 is 4.92 Å². The highest BCUT2D eigenvalue weighted by Gasteiger charge is 2.40. The molecule has 1 fully saturated rings. The molecule has 0 saturated heterocycles. The van der Waals surface area contributed by atoms with E-state index in [4.69, 9.17) is 0 Å². The molecule has 1 saturated carbocycles. The van der Waals surface area contributed by atoms with Crippen LogP contribution in [0.3, 0.4) is 0 Å². The summed E-state index contributed by atoms with van der Waals surface area (Å²) in [7, 11) is 0. The second-order valence-corrected chi connectivity index (χ2v) is 3.59. The molecule has 0 aromatic heterocycles. The Balaban J connectivity index is 2.44. The second kappa shape index (κ2) is 2.62. The first kappa shape index (κ1) is 7.60. The molecule has 3 nitrogen and oxygen atoms in total. The average molecular weight is 159 g/mol. The smallest absolute Gasteiger partial charge is 0.231 e. The number of nitrogens with zero attached hydrogens (tertiary/aromatic N) is 1. The maximum absolute atomic E-state index is 9.90. The van der Waals surface area contributed by atoms with E-state index in [1.807, 2.05) is 6.26 Å². The van der Waals surface area contributed by atoms with Crippen molar-refractivity contribution < 1.29 is 4.92 Å². The van der Waals surface area contributed by atoms with Crippen LogP contribution in [0.5, 0.6) is 0 Å². The van der Waals surface area contributed by atoms with Crippen LogP contribution in [0.2, 0.25) is 0 Å². The normalized spacial score (nSPS) is 21.3. The Labute approximate surface area is 63.6 Å². The van der Waals surface area contributed by atoms with E-state index in [9.17, 15) is 10.1 Å². The van der Waals surface area contributed by atoms with Crippen LogP contribution >= 0.6 is 11.8 Å². The Kier molecular flexibility index (Phi) is 1.99. The van der Waals surface area contributed by atoms with Crippen LogP contribution in [-0.2, 0) is 0 Å². The SMILES string of the molecule is CSC1(/C=C/[N+](=O)[O-])CC1. The monoisotopic (exact) mass is 159 g/mol. The third-order valence-electron chi connectivity index (χ3n) is 1.65. The largest absolute Gasteiger partial charge is 0.259 e. The van der Waals surface area contributed by atoms with Gasteiger partial charge in [0.2, 0.25) is 6.20 Å². The predicted octanol–water partition coefficient (Wildman–Crippen LogP) is 1.67. The van der Waals surface area contributed by atoms with E-state index in [1.165, 1.54) is 0 Å². The van der Waals surface area contributed by atoms with Gasteiger partial charge in [-0.2, -0.15) is 11.8 Å². The predicted molar refractivity (Wildman–Crippen MR) is 41.6 cm³/mol. The molecule has 0 aromatic carbocycles. The van der Waals surface area contributed by atoms with Crippen molar-refractivity contribution in [1.82, 2.24) is 0 Å². The maximum atomic E-state index is 9.90. The molecular formula is C6H9NO2S. The van der Waals surface area contributed by atoms with Gasteiger partial charge in [0.25, 0.3) is 0 Å². The highest BCUT2D eigenvalue weighted by atomic mass is 32.2. The molecule has 10 heavy (non-hydrogen) atoms. The van der Waals surface area contributed by atoms with Gasteiger partial charge in [-0.3, -0.25) is 10.1 Å². The molecule has 1 rings (SSSR count). The van der Waals surface area contributed by atoms with Gasteiger partial charge in [-0.1, -0.05) is 0 Å². The van der Waals surface area contributed by atoms with Crippen molar-refractivity contribution in [3.63, 3.8) is 0 Å². The molecule has 0 amide bonds. The van der Waals surface area contributed by atoms with Gasteiger partial charge in [-0.15, -0.1) is 0 Å². The minimum absolute atomic E-state index is 0.118. The average Bonchev–Trinajstić information content (AvgIpc) is 2.64. The van der Waals surface area contributed by atoms with Gasteiger partial charge >= 0.3 is 0 Å². The summed E-state index contributed by atoms with van der Waals surface area (Å²) < 4.78 is 0.118. The van der Waals surface area contributed by atoms with E-state index in [-0.39, 0.29) is 4.75 Å². The Morgan fingerprint density at radius 2 is 2.30 bits per heavy atom. The molecule has 1 aliphatic carbocycles. The van der Waals surface area contributed by atoms with Gasteiger partial charge in [0, 0.05) is 10.8 Å². The Morgan fingerprint density at radius 1 is 1.70 bits per heavy atom. The molecule has 0 radical (unpaired) electrons. The first-order valence-corrected chi connectivity index (χ1v) is 4.29. The lowest BCUT2D eigenvalue weighted by atomic mass is 10.4. The summed E-state index contributed by atoms with van der Waals surface area (Å²) >= 11 is 1.69. The molecule has 0 heterocycles. The summed E-state index contributed by atoms with van der Waals surface area (Å²) in [6.45, 7) is 0. The number of nitro groups is 1. The van der Waals surface area contributed by atoms with Crippen LogP contribution in [0.15, 0.2) is 12.3 Å². The van der Waals surface area contributed by atoms with Gasteiger partial charge < -0.3 is 0 Å². The van der Waals surface area contributed by atoms with E-state index in [0.717, 1.165) is 19.0 Å². The lowest BCUT2D eigenvalue weighted by Crippen LogP contribution is -1.96. The highest BCUT2D eigenvalue weighted by Crippen LogP contribution is 2.48. The van der Waals surface area contributed by atoms with Crippen molar-refractivity contribution in [3.05, 3.63) is 22.4 Å². The number of rotatable bonds is 3. The molecule has 0 aromatic rings. The van der Waals surface area contributed by atoms with Gasteiger partial charge in [0.05, 0.1) is 4.92 Å². The fourth-order valence-corrected chi connectivity index (χ4v) is 1.47. The lowest BCUT2D eigenvalue weighted by Gasteiger charge is -1.99. The molecule has 0 atom stereocenters. The standard InChI is InChI=1S/C6H9NO2S/c1-10-6(2-3-6)4-5-7(8)9/h4-5H,2-3H2,1H3/b5-4+. The first-order chi connectivity index (χ1) is 4.68. The van der Waals surface area contributed by atoms with E-state index in [2.05, 4.69) is 0 Å². The molecular weight excluding hydrogens is 150 g/mol. The quantitative estimate of drug-likeness (QED) is 0.464. The van der Waals surface area contributed by atoms with Crippen LogP contribution in [0.1, 0.15) is 12.8 Å². The van der Waals surface area contributed by atoms with Crippen LogP contribution in [0, 0.1) is 10.1 Å². The second-order valence-electron chi connectivity index (χ2n) is 2.37. The lowest BCUT2D eigenvalue weighted by molar-refractivity contribution is -0.402. The van der Waals surface area contributed by atoms with Crippen molar-refractivity contribution in [3.8, 4) is 0 Å². The summed E-state index contributed by atoms with van der Waals surface area (Å²) in [5, 5.41) is 9.90. The van der Waals surface area contributed by atoms with Crippen molar-refractivity contribution in [2.75, 3.05) is 6.26 Å². The Hall–Kier alpha value is -0.510. The molecule has 0 N–H and O–H groups in total. The summed E-state index contributed by atoms with van der Waals surface area (Å²) in [6.07, 6.45) is 6.88. The molecule has 4 heteroatoms. The molecule has 0 bridgehead atoms. The summed E-state index contributed by atoms with van der Waals surface area (Å²) in [5.74, 6) is 0. The third kappa shape index (κ3) is 1.73. The van der Waals surface area contributed by atoms with Crippen molar-refractivity contribution in [2.24, 2.45) is 0 Å². The first-order valence-electron chi connectivity index (χ1n) is 3.06. The summed E-state index contributed by atoms with van der Waals surface area (Å²) in [6, 6.07) is 0. The van der Waals surface area contributed by atoms with Crippen LogP contribution in [0.25, 0.3) is 0 Å². The zero-order chi connectivity index (χ0) is 7.61. The van der Waals surface area contributed by atoms with Gasteiger partial charge in [0.1, 0.15) is 0 Å². The zero-order valence-corrected chi connectivity index (χ0v) is 6.56. The van der Waals surface area contributed by atoms with Gasteiger partial charge in [0.15, 0.2) is 0 Å². The van der Waals surface area contributed by atoms with Crippen LogP contribution in [-0.4, -0.2) is 15.9 Å². The van der Waals surface area contributed by atoms with Gasteiger partial charge in [-0.25, -0.2) is 0 Å².